The van der Waals surface area contributed by atoms with Crippen LogP contribution in [0, 0.1) is 34.5 Å². The number of piperidine rings is 1. The average molecular weight is 374 g/mol. The summed E-state index contributed by atoms with van der Waals surface area (Å²) >= 11 is 0. The van der Waals surface area contributed by atoms with Crippen molar-refractivity contribution in [3.63, 3.8) is 0 Å². The van der Waals surface area contributed by atoms with E-state index in [9.17, 15) is 9.59 Å². The number of carbonyl (C=O) groups is 2. The minimum absolute atomic E-state index is 0.120. The van der Waals surface area contributed by atoms with Gasteiger partial charge in [-0.15, -0.1) is 0 Å². The third-order valence-electron chi connectivity index (χ3n) is 9.85. The lowest BCUT2D eigenvalue weighted by Crippen LogP contribution is -2.55. The van der Waals surface area contributed by atoms with E-state index in [-0.39, 0.29) is 18.0 Å². The van der Waals surface area contributed by atoms with Gasteiger partial charge in [-0.3, -0.25) is 9.59 Å². The van der Waals surface area contributed by atoms with Crippen molar-refractivity contribution in [2.24, 2.45) is 34.5 Å². The smallest absolute Gasteiger partial charge is 0.302 e. The van der Waals surface area contributed by atoms with E-state index >= 15 is 0 Å². The summed E-state index contributed by atoms with van der Waals surface area (Å²) in [7, 11) is 0. The Labute approximate surface area is 163 Å². The Hall–Kier alpha value is -1.06. The average Bonchev–Trinajstić information content (AvgIpc) is 3.25. The van der Waals surface area contributed by atoms with Crippen LogP contribution in [0.1, 0.15) is 79.1 Å². The van der Waals surface area contributed by atoms with Crippen LogP contribution in [0.4, 0.5) is 0 Å². The number of likely N-dealkylation sites (tertiary alicyclic amines) is 1. The second-order valence-corrected chi connectivity index (χ2v) is 10.9. The third-order valence-corrected chi connectivity index (χ3v) is 9.85. The van der Waals surface area contributed by atoms with E-state index in [2.05, 4.69) is 18.7 Å². The Bertz CT molecular complexity index is 677. The van der Waals surface area contributed by atoms with Crippen LogP contribution < -0.4 is 0 Å². The first-order chi connectivity index (χ1) is 12.8. The minimum atomic E-state index is -0.120. The fourth-order valence-corrected chi connectivity index (χ4v) is 8.69. The molecule has 0 aromatic carbocycles. The lowest BCUT2D eigenvalue weighted by molar-refractivity contribution is -0.160. The second kappa shape index (κ2) is 5.73. The predicted octanol–water partition coefficient (Wildman–Crippen LogP) is 4.17. The molecule has 4 saturated carbocycles. The molecular weight excluding hydrogens is 338 g/mol. The first-order valence-corrected chi connectivity index (χ1v) is 11.2. The van der Waals surface area contributed by atoms with Gasteiger partial charge in [0.25, 0.3) is 0 Å². The molecule has 4 heteroatoms. The SMILES string of the molecule is CC(=O)O[C@H]1CC[C@@]2(C)[C@@H](CC[C@@H]3[C@@H]2CC[C@@]2(C)[C@H]3C[C@@H]3[C@H]2N3C(C)=O)C1. The number of amides is 1. The fourth-order valence-electron chi connectivity index (χ4n) is 8.69. The van der Waals surface area contributed by atoms with Gasteiger partial charge in [-0.25, -0.2) is 0 Å². The van der Waals surface area contributed by atoms with E-state index in [1.165, 1.54) is 38.5 Å². The summed E-state index contributed by atoms with van der Waals surface area (Å²) in [4.78, 5) is 25.5. The maximum Gasteiger partial charge on any atom is 0.302 e. The van der Waals surface area contributed by atoms with Gasteiger partial charge in [0.1, 0.15) is 6.10 Å². The lowest BCUT2D eigenvalue weighted by Gasteiger charge is -2.61. The van der Waals surface area contributed by atoms with Gasteiger partial charge in [0.2, 0.25) is 5.91 Å². The number of esters is 1. The van der Waals surface area contributed by atoms with Crippen LogP contribution >= 0.6 is 0 Å². The predicted molar refractivity (Wildman–Crippen MR) is 103 cm³/mol. The van der Waals surface area contributed by atoms with Crippen LogP contribution in [-0.2, 0) is 14.3 Å². The van der Waals surface area contributed by atoms with E-state index in [1.54, 1.807) is 13.8 Å². The van der Waals surface area contributed by atoms with E-state index in [4.69, 9.17) is 4.74 Å². The van der Waals surface area contributed by atoms with Crippen LogP contribution in [-0.4, -0.2) is 35.0 Å². The Kier molecular flexibility index (Phi) is 3.82. The van der Waals surface area contributed by atoms with E-state index < -0.39 is 0 Å². The maximum atomic E-state index is 12.0. The normalized spacial score (nSPS) is 52.9. The Morgan fingerprint density at radius 2 is 1.67 bits per heavy atom. The number of fused-ring (bicyclic) bond motifs is 7. The molecule has 5 fully saturated rings. The molecule has 0 unspecified atom stereocenters. The molecule has 0 radical (unpaired) electrons. The summed E-state index contributed by atoms with van der Waals surface area (Å²) < 4.78 is 5.58. The number of hydrogen-bond donors (Lipinski definition) is 0. The molecule has 4 aliphatic carbocycles. The highest BCUT2D eigenvalue weighted by Gasteiger charge is 2.71. The van der Waals surface area contributed by atoms with Gasteiger partial charge in [0, 0.05) is 13.8 Å². The zero-order valence-corrected chi connectivity index (χ0v) is 17.4. The number of hydrogen-bond acceptors (Lipinski definition) is 3. The number of ether oxygens (including phenoxy) is 1. The van der Waals surface area contributed by atoms with E-state index in [1.807, 2.05) is 0 Å². The first-order valence-electron chi connectivity index (χ1n) is 11.2. The van der Waals surface area contributed by atoms with Gasteiger partial charge in [-0.1, -0.05) is 13.8 Å². The number of nitrogens with zero attached hydrogens (tertiary/aromatic N) is 1. The quantitative estimate of drug-likeness (QED) is 0.512. The van der Waals surface area contributed by atoms with Gasteiger partial charge in [0.15, 0.2) is 0 Å². The highest BCUT2D eigenvalue weighted by molar-refractivity contribution is 5.78. The Balaban J connectivity index is 1.34. The molecule has 1 heterocycles. The van der Waals surface area contributed by atoms with Crippen LogP contribution in [0.3, 0.4) is 0 Å². The van der Waals surface area contributed by atoms with E-state index in [0.29, 0.717) is 28.8 Å². The Morgan fingerprint density at radius 1 is 0.926 bits per heavy atom. The van der Waals surface area contributed by atoms with Gasteiger partial charge in [-0.2, -0.15) is 0 Å². The summed E-state index contributed by atoms with van der Waals surface area (Å²) in [6.45, 7) is 8.34. The summed E-state index contributed by atoms with van der Waals surface area (Å²) in [5.74, 6) is 3.36. The molecule has 0 aromatic rings. The largest absolute Gasteiger partial charge is 0.463 e. The van der Waals surface area contributed by atoms with Crippen LogP contribution in [0.2, 0.25) is 0 Å². The topological polar surface area (TPSA) is 46.4 Å². The molecule has 0 aromatic heterocycles. The number of carbonyl (C=O) groups excluding carboxylic acids is 2. The summed E-state index contributed by atoms with van der Waals surface area (Å²) in [5, 5.41) is 0. The Morgan fingerprint density at radius 3 is 2.37 bits per heavy atom. The number of rotatable bonds is 1. The van der Waals surface area contributed by atoms with Crippen molar-refractivity contribution in [1.82, 2.24) is 4.90 Å². The molecule has 1 aliphatic heterocycles. The molecule has 0 bridgehead atoms. The summed E-state index contributed by atoms with van der Waals surface area (Å²) in [6.07, 6.45) is 9.99. The monoisotopic (exact) mass is 373 g/mol. The molecular formula is C23H35NO3. The summed E-state index contributed by atoms with van der Waals surface area (Å²) in [6, 6.07) is 1.08. The van der Waals surface area contributed by atoms with Crippen molar-refractivity contribution in [1.29, 1.82) is 0 Å². The molecule has 150 valence electrons. The van der Waals surface area contributed by atoms with E-state index in [0.717, 1.165) is 30.6 Å². The highest BCUT2D eigenvalue weighted by atomic mass is 16.5. The molecule has 1 saturated heterocycles. The zero-order valence-electron chi connectivity index (χ0n) is 17.4. The zero-order chi connectivity index (χ0) is 19.1. The fraction of sp³-hybridized carbons (Fsp3) is 0.913. The van der Waals surface area contributed by atoms with Crippen molar-refractivity contribution in [2.45, 2.75) is 97.2 Å². The van der Waals surface area contributed by atoms with Crippen molar-refractivity contribution in [3.05, 3.63) is 0 Å². The first kappa shape index (κ1) is 18.0. The maximum absolute atomic E-state index is 12.0. The van der Waals surface area contributed by atoms with Gasteiger partial charge in [0.05, 0.1) is 12.1 Å². The molecule has 5 aliphatic rings. The molecule has 0 spiro atoms. The van der Waals surface area contributed by atoms with Crippen molar-refractivity contribution in [2.75, 3.05) is 0 Å². The van der Waals surface area contributed by atoms with Crippen LogP contribution in [0.15, 0.2) is 0 Å². The van der Waals surface area contributed by atoms with Gasteiger partial charge < -0.3 is 9.64 Å². The van der Waals surface area contributed by atoms with Gasteiger partial charge >= 0.3 is 5.97 Å². The molecule has 5 rings (SSSR count). The highest BCUT2D eigenvalue weighted by Crippen LogP contribution is 2.70. The van der Waals surface area contributed by atoms with Crippen LogP contribution in [0.25, 0.3) is 0 Å². The second-order valence-electron chi connectivity index (χ2n) is 10.9. The minimum Gasteiger partial charge on any atom is -0.463 e. The molecule has 1 amide bonds. The molecule has 4 nitrogen and oxygen atoms in total. The van der Waals surface area contributed by atoms with Crippen molar-refractivity contribution < 1.29 is 14.3 Å². The third kappa shape index (κ3) is 2.40. The molecule has 9 atom stereocenters. The van der Waals surface area contributed by atoms with Crippen LogP contribution in [0.5, 0.6) is 0 Å². The summed E-state index contributed by atoms with van der Waals surface area (Å²) in [5.41, 5.74) is 0.781. The van der Waals surface area contributed by atoms with Crippen molar-refractivity contribution >= 4 is 11.9 Å². The molecule has 0 N–H and O–H groups in total. The standard InChI is InChI=1S/C23H35NO3/c1-13(25)24-20-12-19-17-6-5-15-11-16(27-14(2)26)7-9-22(15,3)18(17)8-10-23(19,4)21(20)24/h15-21H,5-12H2,1-4H3/t15-,16-,17+,18-,19-,20+,21+,22-,23-,24?/m0/s1. The lowest BCUT2D eigenvalue weighted by atomic mass is 9.45. The van der Waals surface area contributed by atoms with Gasteiger partial charge in [-0.05, 0) is 85.9 Å². The van der Waals surface area contributed by atoms with Crippen molar-refractivity contribution in [3.8, 4) is 0 Å². The molecule has 27 heavy (non-hydrogen) atoms.